The number of aryl methyl sites for hydroxylation is 1. The molecule has 1 saturated heterocycles. The van der Waals surface area contributed by atoms with Crippen LogP contribution < -0.4 is 4.90 Å². The van der Waals surface area contributed by atoms with Crippen LogP contribution in [0.2, 0.25) is 0 Å². The van der Waals surface area contributed by atoms with Crippen LogP contribution in [0, 0.1) is 0 Å². The molecule has 6 heteroatoms. The van der Waals surface area contributed by atoms with Crippen LogP contribution in [-0.2, 0) is 11.2 Å². The quantitative estimate of drug-likeness (QED) is 0.825. The summed E-state index contributed by atoms with van der Waals surface area (Å²) in [6, 6.07) is 10.5. The van der Waals surface area contributed by atoms with Gasteiger partial charge in [-0.2, -0.15) is 5.10 Å². The first-order valence-electron chi connectivity index (χ1n) is 9.51. The first-order chi connectivity index (χ1) is 12.9. The number of amides is 1. The van der Waals surface area contributed by atoms with Crippen molar-refractivity contribution in [3.8, 4) is 11.1 Å². The fourth-order valence-electron chi connectivity index (χ4n) is 3.21. The zero-order valence-corrected chi connectivity index (χ0v) is 16.6. The molecule has 2 heterocycles. The SMILES string of the molecule is CCc1ccccc1-c1cnnc(N2CCN(C(=O)OC(C)(C)C)CC2)c1. The number of nitrogens with zero attached hydrogens (tertiary/aromatic N) is 4. The maximum atomic E-state index is 12.2. The molecule has 3 rings (SSSR count). The number of ether oxygens (including phenoxy) is 1. The van der Waals surface area contributed by atoms with E-state index < -0.39 is 5.60 Å². The average molecular weight is 368 g/mol. The van der Waals surface area contributed by atoms with Gasteiger partial charge in [0, 0.05) is 31.7 Å². The molecule has 27 heavy (non-hydrogen) atoms. The maximum absolute atomic E-state index is 12.2. The Morgan fingerprint density at radius 2 is 1.85 bits per heavy atom. The van der Waals surface area contributed by atoms with Crippen LogP contribution >= 0.6 is 0 Å². The van der Waals surface area contributed by atoms with Gasteiger partial charge < -0.3 is 14.5 Å². The minimum atomic E-state index is -0.472. The summed E-state index contributed by atoms with van der Waals surface area (Å²) < 4.78 is 5.46. The van der Waals surface area contributed by atoms with E-state index in [2.05, 4.69) is 46.3 Å². The molecule has 1 aromatic heterocycles. The van der Waals surface area contributed by atoms with Crippen LogP contribution in [0.5, 0.6) is 0 Å². The van der Waals surface area contributed by atoms with Crippen molar-refractivity contribution in [1.82, 2.24) is 15.1 Å². The van der Waals surface area contributed by atoms with Gasteiger partial charge in [0.25, 0.3) is 0 Å². The number of aromatic nitrogens is 2. The molecular weight excluding hydrogens is 340 g/mol. The highest BCUT2D eigenvalue weighted by atomic mass is 16.6. The minimum absolute atomic E-state index is 0.251. The van der Waals surface area contributed by atoms with E-state index in [1.807, 2.05) is 33.0 Å². The molecule has 0 aliphatic carbocycles. The van der Waals surface area contributed by atoms with Gasteiger partial charge in [-0.05, 0) is 44.4 Å². The molecule has 1 fully saturated rings. The zero-order chi connectivity index (χ0) is 19.4. The van der Waals surface area contributed by atoms with Crippen molar-refractivity contribution in [1.29, 1.82) is 0 Å². The molecule has 1 aromatic carbocycles. The van der Waals surface area contributed by atoms with Gasteiger partial charge in [-0.1, -0.05) is 31.2 Å². The number of carbonyl (C=O) groups is 1. The number of benzene rings is 1. The van der Waals surface area contributed by atoms with E-state index in [0.29, 0.717) is 26.2 Å². The lowest BCUT2D eigenvalue weighted by Gasteiger charge is -2.36. The molecule has 1 aliphatic heterocycles. The summed E-state index contributed by atoms with van der Waals surface area (Å²) in [6.07, 6.45) is 2.54. The van der Waals surface area contributed by atoms with E-state index >= 15 is 0 Å². The van der Waals surface area contributed by atoms with Gasteiger partial charge in [0.1, 0.15) is 5.60 Å². The van der Waals surface area contributed by atoms with Gasteiger partial charge in [-0.15, -0.1) is 5.10 Å². The number of hydrogen-bond acceptors (Lipinski definition) is 5. The molecule has 1 amide bonds. The number of rotatable bonds is 3. The molecule has 2 aromatic rings. The second kappa shape index (κ2) is 7.94. The summed E-state index contributed by atoms with van der Waals surface area (Å²) in [5.74, 6) is 0.849. The highest BCUT2D eigenvalue weighted by Crippen LogP contribution is 2.26. The van der Waals surface area contributed by atoms with E-state index in [9.17, 15) is 4.79 Å². The third-order valence-corrected chi connectivity index (χ3v) is 4.61. The number of anilines is 1. The molecular formula is C21H28N4O2. The molecule has 144 valence electrons. The van der Waals surface area contributed by atoms with E-state index in [1.165, 1.54) is 11.1 Å². The first-order valence-corrected chi connectivity index (χ1v) is 9.51. The number of hydrogen-bond donors (Lipinski definition) is 0. The summed E-state index contributed by atoms with van der Waals surface area (Å²) >= 11 is 0. The van der Waals surface area contributed by atoms with Gasteiger partial charge in [0.15, 0.2) is 5.82 Å². The topological polar surface area (TPSA) is 58.6 Å². The van der Waals surface area contributed by atoms with Crippen molar-refractivity contribution in [2.24, 2.45) is 0 Å². The monoisotopic (exact) mass is 368 g/mol. The van der Waals surface area contributed by atoms with Crippen molar-refractivity contribution in [3.63, 3.8) is 0 Å². The van der Waals surface area contributed by atoms with E-state index in [1.54, 1.807) is 4.90 Å². The third-order valence-electron chi connectivity index (χ3n) is 4.61. The molecule has 6 nitrogen and oxygen atoms in total. The zero-order valence-electron chi connectivity index (χ0n) is 16.6. The largest absolute Gasteiger partial charge is 0.444 e. The van der Waals surface area contributed by atoms with Crippen molar-refractivity contribution in [2.75, 3.05) is 31.1 Å². The molecule has 1 aliphatic rings. The van der Waals surface area contributed by atoms with Gasteiger partial charge in [0.05, 0.1) is 6.20 Å². The Hall–Kier alpha value is -2.63. The van der Waals surface area contributed by atoms with E-state index in [4.69, 9.17) is 4.74 Å². The Morgan fingerprint density at radius 1 is 1.15 bits per heavy atom. The van der Waals surface area contributed by atoms with Gasteiger partial charge in [-0.3, -0.25) is 0 Å². The number of piperazine rings is 1. The lowest BCUT2D eigenvalue weighted by molar-refractivity contribution is 0.0240. The molecule has 0 saturated carbocycles. The predicted molar refractivity (Wildman–Crippen MR) is 107 cm³/mol. The van der Waals surface area contributed by atoms with Crippen molar-refractivity contribution >= 4 is 11.9 Å². The van der Waals surface area contributed by atoms with Crippen LogP contribution in [0.3, 0.4) is 0 Å². The Bertz CT molecular complexity index is 793. The number of carbonyl (C=O) groups excluding carboxylic acids is 1. The highest BCUT2D eigenvalue weighted by molar-refractivity contribution is 5.70. The first kappa shape index (κ1) is 19.1. The van der Waals surface area contributed by atoms with Gasteiger partial charge in [0.2, 0.25) is 0 Å². The van der Waals surface area contributed by atoms with E-state index in [-0.39, 0.29) is 6.09 Å². The van der Waals surface area contributed by atoms with E-state index in [0.717, 1.165) is 17.8 Å². The fourth-order valence-corrected chi connectivity index (χ4v) is 3.21. The smallest absolute Gasteiger partial charge is 0.410 e. The highest BCUT2D eigenvalue weighted by Gasteiger charge is 2.26. The lowest BCUT2D eigenvalue weighted by atomic mass is 10.00. The molecule has 0 atom stereocenters. The predicted octanol–water partition coefficient (Wildman–Crippen LogP) is 3.76. The Balaban J connectivity index is 1.70. The minimum Gasteiger partial charge on any atom is -0.444 e. The van der Waals surface area contributed by atoms with Gasteiger partial charge in [-0.25, -0.2) is 4.79 Å². The Morgan fingerprint density at radius 3 is 2.52 bits per heavy atom. The normalized spacial score (nSPS) is 15.0. The average Bonchev–Trinajstić information content (AvgIpc) is 2.67. The van der Waals surface area contributed by atoms with Crippen LogP contribution in [0.15, 0.2) is 36.5 Å². The summed E-state index contributed by atoms with van der Waals surface area (Å²) in [7, 11) is 0. The molecule has 0 N–H and O–H groups in total. The maximum Gasteiger partial charge on any atom is 0.410 e. The summed E-state index contributed by atoms with van der Waals surface area (Å²) in [5.41, 5.74) is 3.10. The lowest BCUT2D eigenvalue weighted by Crippen LogP contribution is -2.50. The van der Waals surface area contributed by atoms with Crippen molar-refractivity contribution < 1.29 is 9.53 Å². The second-order valence-corrected chi connectivity index (χ2v) is 7.77. The van der Waals surface area contributed by atoms with Crippen LogP contribution in [0.1, 0.15) is 33.3 Å². The molecule has 0 radical (unpaired) electrons. The summed E-state index contributed by atoms with van der Waals surface area (Å²) in [6.45, 7) is 10.5. The Kier molecular flexibility index (Phi) is 5.63. The molecule has 0 bridgehead atoms. The Labute approximate surface area is 161 Å². The van der Waals surface area contributed by atoms with Crippen molar-refractivity contribution in [3.05, 3.63) is 42.1 Å². The third kappa shape index (κ3) is 4.76. The standard InChI is InChI=1S/C21H28N4O2/c1-5-16-8-6-7-9-18(16)17-14-19(23-22-15-17)24-10-12-25(13-11-24)20(26)27-21(2,3)4/h6-9,14-15H,5,10-13H2,1-4H3. The summed E-state index contributed by atoms with van der Waals surface area (Å²) in [4.78, 5) is 16.2. The molecule has 0 unspecified atom stereocenters. The molecule has 0 spiro atoms. The second-order valence-electron chi connectivity index (χ2n) is 7.77. The van der Waals surface area contributed by atoms with Crippen LogP contribution in [0.25, 0.3) is 11.1 Å². The van der Waals surface area contributed by atoms with Gasteiger partial charge >= 0.3 is 6.09 Å². The van der Waals surface area contributed by atoms with Crippen molar-refractivity contribution in [2.45, 2.75) is 39.7 Å². The van der Waals surface area contributed by atoms with Crippen LogP contribution in [0.4, 0.5) is 10.6 Å². The summed E-state index contributed by atoms with van der Waals surface area (Å²) in [5, 5.41) is 8.53. The van der Waals surface area contributed by atoms with Crippen LogP contribution in [-0.4, -0.2) is 53.0 Å². The fraction of sp³-hybridized carbons (Fsp3) is 0.476.